The van der Waals surface area contributed by atoms with Gasteiger partial charge in [0.05, 0.1) is 6.04 Å². The topological polar surface area (TPSA) is 43.1 Å². The Morgan fingerprint density at radius 3 is 2.92 bits per heavy atom. The van der Waals surface area contributed by atoms with Gasteiger partial charge in [0, 0.05) is 5.02 Å². The maximum Gasteiger partial charge on any atom is 0.137 e. The number of aldehydes is 1. The van der Waals surface area contributed by atoms with Gasteiger partial charge in [0.2, 0.25) is 0 Å². The normalized spacial score (nSPS) is 12.5. The molecule has 0 heterocycles. The number of benzene rings is 1. The maximum atomic E-state index is 10.2. The van der Waals surface area contributed by atoms with Gasteiger partial charge in [0.1, 0.15) is 6.29 Å². The molecule has 0 aliphatic rings. The predicted octanol–water partition coefficient (Wildman–Crippen LogP) is 1.41. The summed E-state index contributed by atoms with van der Waals surface area (Å²) in [5.74, 6) is 0. The van der Waals surface area contributed by atoms with E-state index in [0.29, 0.717) is 11.4 Å². The van der Waals surface area contributed by atoms with E-state index < -0.39 is 6.04 Å². The molecule has 0 aromatic heterocycles. The third-order valence-electron chi connectivity index (χ3n) is 1.54. The quantitative estimate of drug-likeness (QED) is 0.721. The molecule has 64 valence electrons. The Labute approximate surface area is 76.3 Å². The van der Waals surface area contributed by atoms with E-state index in [1.807, 2.05) is 18.2 Å². The van der Waals surface area contributed by atoms with Crippen molar-refractivity contribution >= 4 is 17.9 Å². The van der Waals surface area contributed by atoms with Crippen LogP contribution in [0.1, 0.15) is 5.56 Å². The van der Waals surface area contributed by atoms with E-state index in [2.05, 4.69) is 0 Å². The largest absolute Gasteiger partial charge is 0.321 e. The van der Waals surface area contributed by atoms with Crippen molar-refractivity contribution in [2.24, 2.45) is 5.73 Å². The van der Waals surface area contributed by atoms with Crippen molar-refractivity contribution in [3.8, 4) is 0 Å². The third kappa shape index (κ3) is 2.64. The first kappa shape index (κ1) is 9.23. The van der Waals surface area contributed by atoms with Crippen molar-refractivity contribution in [2.75, 3.05) is 0 Å². The average Bonchev–Trinajstić information content (AvgIpc) is 2.04. The van der Waals surface area contributed by atoms with Crippen LogP contribution in [0.15, 0.2) is 24.3 Å². The summed E-state index contributed by atoms with van der Waals surface area (Å²) in [6.07, 6.45) is 1.28. The molecular formula is C9H10ClNO. The summed E-state index contributed by atoms with van der Waals surface area (Å²) < 4.78 is 0. The summed E-state index contributed by atoms with van der Waals surface area (Å²) in [6.45, 7) is 0. The van der Waals surface area contributed by atoms with Crippen molar-refractivity contribution in [3.05, 3.63) is 34.9 Å². The van der Waals surface area contributed by atoms with Gasteiger partial charge in [-0.2, -0.15) is 0 Å². The van der Waals surface area contributed by atoms with Crippen molar-refractivity contribution in [1.29, 1.82) is 0 Å². The van der Waals surface area contributed by atoms with Crippen LogP contribution >= 0.6 is 11.6 Å². The number of carbonyl (C=O) groups excluding carboxylic acids is 1. The molecule has 0 radical (unpaired) electrons. The van der Waals surface area contributed by atoms with E-state index in [0.717, 1.165) is 11.8 Å². The van der Waals surface area contributed by atoms with Crippen LogP contribution < -0.4 is 5.73 Å². The molecule has 0 aliphatic heterocycles. The van der Waals surface area contributed by atoms with Gasteiger partial charge in [-0.05, 0) is 24.1 Å². The number of hydrogen-bond donors (Lipinski definition) is 1. The lowest BCUT2D eigenvalue weighted by Gasteiger charge is -2.03. The Balaban J connectivity index is 2.69. The highest BCUT2D eigenvalue weighted by Crippen LogP contribution is 2.11. The molecule has 0 fully saturated rings. The fraction of sp³-hybridized carbons (Fsp3) is 0.222. The van der Waals surface area contributed by atoms with Crippen LogP contribution in [0.25, 0.3) is 0 Å². The van der Waals surface area contributed by atoms with Gasteiger partial charge >= 0.3 is 0 Å². The molecule has 0 spiro atoms. The van der Waals surface area contributed by atoms with Crippen LogP contribution in [0.3, 0.4) is 0 Å². The summed E-state index contributed by atoms with van der Waals surface area (Å²) in [4.78, 5) is 10.2. The molecule has 1 aromatic carbocycles. The van der Waals surface area contributed by atoms with Gasteiger partial charge in [-0.25, -0.2) is 0 Å². The Morgan fingerprint density at radius 1 is 1.58 bits per heavy atom. The van der Waals surface area contributed by atoms with Crippen LogP contribution in [-0.2, 0) is 11.2 Å². The minimum atomic E-state index is -0.427. The Hall–Kier alpha value is -0.860. The lowest BCUT2D eigenvalue weighted by molar-refractivity contribution is -0.108. The highest BCUT2D eigenvalue weighted by Gasteiger charge is 2.01. The van der Waals surface area contributed by atoms with Gasteiger partial charge < -0.3 is 10.5 Å². The van der Waals surface area contributed by atoms with Crippen molar-refractivity contribution in [3.63, 3.8) is 0 Å². The molecule has 0 saturated carbocycles. The Bertz CT molecular complexity index is 275. The zero-order valence-corrected chi connectivity index (χ0v) is 7.29. The van der Waals surface area contributed by atoms with Crippen molar-refractivity contribution < 1.29 is 4.79 Å². The number of rotatable bonds is 3. The molecule has 0 unspecified atom stereocenters. The van der Waals surface area contributed by atoms with Gasteiger partial charge in [-0.3, -0.25) is 0 Å². The fourth-order valence-corrected chi connectivity index (χ4v) is 1.20. The minimum Gasteiger partial charge on any atom is -0.321 e. The number of carbonyl (C=O) groups is 1. The molecule has 0 saturated heterocycles. The maximum absolute atomic E-state index is 10.2. The molecule has 1 rings (SSSR count). The summed E-state index contributed by atoms with van der Waals surface area (Å²) >= 11 is 5.74. The summed E-state index contributed by atoms with van der Waals surface area (Å²) in [7, 11) is 0. The fourth-order valence-electron chi connectivity index (χ4n) is 0.984. The van der Waals surface area contributed by atoms with E-state index in [-0.39, 0.29) is 0 Å². The third-order valence-corrected chi connectivity index (χ3v) is 1.77. The Kier molecular flexibility index (Phi) is 3.26. The van der Waals surface area contributed by atoms with E-state index in [9.17, 15) is 4.79 Å². The lowest BCUT2D eigenvalue weighted by Crippen LogP contribution is -2.23. The van der Waals surface area contributed by atoms with Gasteiger partial charge in [0.25, 0.3) is 0 Å². The van der Waals surface area contributed by atoms with E-state index in [4.69, 9.17) is 17.3 Å². The molecule has 1 aromatic rings. The number of nitrogens with two attached hydrogens (primary N) is 1. The van der Waals surface area contributed by atoms with Crippen LogP contribution in [0.2, 0.25) is 5.02 Å². The first-order valence-electron chi connectivity index (χ1n) is 3.67. The predicted molar refractivity (Wildman–Crippen MR) is 49.2 cm³/mol. The molecule has 12 heavy (non-hydrogen) atoms. The second kappa shape index (κ2) is 4.24. The van der Waals surface area contributed by atoms with E-state index in [1.165, 1.54) is 0 Å². The smallest absolute Gasteiger partial charge is 0.137 e. The van der Waals surface area contributed by atoms with E-state index in [1.54, 1.807) is 6.07 Å². The monoisotopic (exact) mass is 183 g/mol. The average molecular weight is 184 g/mol. The molecule has 2 nitrogen and oxygen atoms in total. The Morgan fingerprint density at radius 2 is 2.33 bits per heavy atom. The summed E-state index contributed by atoms with van der Waals surface area (Å²) in [5.41, 5.74) is 6.43. The van der Waals surface area contributed by atoms with Gasteiger partial charge in [-0.1, -0.05) is 23.7 Å². The molecule has 0 amide bonds. The molecule has 1 atom stereocenters. The second-order valence-corrected chi connectivity index (χ2v) is 3.07. The molecule has 0 bridgehead atoms. The molecule has 0 aliphatic carbocycles. The number of hydrogen-bond acceptors (Lipinski definition) is 2. The van der Waals surface area contributed by atoms with Crippen molar-refractivity contribution in [1.82, 2.24) is 0 Å². The first-order valence-corrected chi connectivity index (χ1v) is 4.05. The van der Waals surface area contributed by atoms with E-state index >= 15 is 0 Å². The van der Waals surface area contributed by atoms with Gasteiger partial charge in [0.15, 0.2) is 0 Å². The minimum absolute atomic E-state index is 0.427. The van der Waals surface area contributed by atoms with Crippen LogP contribution in [0, 0.1) is 0 Å². The number of halogens is 1. The van der Waals surface area contributed by atoms with Crippen LogP contribution in [0.4, 0.5) is 0 Å². The second-order valence-electron chi connectivity index (χ2n) is 2.63. The first-order chi connectivity index (χ1) is 5.72. The molecule has 3 heteroatoms. The standard InChI is InChI=1S/C9H10ClNO/c10-8-3-1-2-7(4-8)5-9(11)6-12/h1-4,6,9H,5,11H2/t9-/m1/s1. The molecule has 2 N–H and O–H groups in total. The molecular weight excluding hydrogens is 174 g/mol. The van der Waals surface area contributed by atoms with Crippen molar-refractivity contribution in [2.45, 2.75) is 12.5 Å². The van der Waals surface area contributed by atoms with Gasteiger partial charge in [-0.15, -0.1) is 0 Å². The zero-order valence-electron chi connectivity index (χ0n) is 6.53. The van der Waals surface area contributed by atoms with Crippen LogP contribution in [0.5, 0.6) is 0 Å². The highest BCUT2D eigenvalue weighted by atomic mass is 35.5. The highest BCUT2D eigenvalue weighted by molar-refractivity contribution is 6.30. The summed E-state index contributed by atoms with van der Waals surface area (Å²) in [5, 5.41) is 0.672. The van der Waals surface area contributed by atoms with Crippen LogP contribution in [-0.4, -0.2) is 12.3 Å². The zero-order chi connectivity index (χ0) is 8.97. The summed E-state index contributed by atoms with van der Waals surface area (Å²) in [6, 6.07) is 6.91. The lowest BCUT2D eigenvalue weighted by atomic mass is 10.1. The SMILES string of the molecule is N[C@@H](C=O)Cc1cccc(Cl)c1.